The van der Waals surface area contributed by atoms with Gasteiger partial charge in [0.2, 0.25) is 0 Å². The molecule has 0 heterocycles. The minimum atomic E-state index is 0.266. The van der Waals surface area contributed by atoms with Gasteiger partial charge in [0.1, 0.15) is 0 Å². The Balaban J connectivity index is 2.59. The minimum Gasteiger partial charge on any atom is -0.299 e. The SMILES string of the molecule is CCC(C)N(C)C1CCCCC1C#N. The molecular weight excluding hydrogens is 172 g/mol. The lowest BCUT2D eigenvalue weighted by molar-refractivity contribution is 0.116. The topological polar surface area (TPSA) is 27.0 Å². The quantitative estimate of drug-likeness (QED) is 0.690. The minimum absolute atomic E-state index is 0.266. The van der Waals surface area contributed by atoms with Crippen LogP contribution < -0.4 is 0 Å². The first-order valence-corrected chi connectivity index (χ1v) is 5.82. The van der Waals surface area contributed by atoms with E-state index < -0.39 is 0 Å². The molecule has 2 heteroatoms. The molecular formula is C12H22N2. The van der Waals surface area contributed by atoms with Crippen LogP contribution in [0, 0.1) is 17.2 Å². The van der Waals surface area contributed by atoms with Gasteiger partial charge in [0.15, 0.2) is 0 Å². The summed E-state index contributed by atoms with van der Waals surface area (Å²) in [6.45, 7) is 4.47. The molecule has 0 bridgehead atoms. The van der Waals surface area contributed by atoms with Crippen LogP contribution in [0.3, 0.4) is 0 Å². The fourth-order valence-electron chi connectivity index (χ4n) is 2.36. The van der Waals surface area contributed by atoms with Crippen molar-refractivity contribution < 1.29 is 0 Å². The van der Waals surface area contributed by atoms with Gasteiger partial charge < -0.3 is 0 Å². The Bertz CT molecular complexity index is 207. The van der Waals surface area contributed by atoms with Gasteiger partial charge in [-0.25, -0.2) is 0 Å². The van der Waals surface area contributed by atoms with Crippen LogP contribution in [-0.2, 0) is 0 Å². The van der Waals surface area contributed by atoms with Crippen molar-refractivity contribution in [2.24, 2.45) is 5.92 Å². The molecule has 2 nitrogen and oxygen atoms in total. The second kappa shape index (κ2) is 5.36. The molecule has 3 unspecified atom stereocenters. The number of rotatable bonds is 3. The smallest absolute Gasteiger partial charge is 0.0672 e. The molecule has 80 valence electrons. The summed E-state index contributed by atoms with van der Waals surface area (Å²) in [5.41, 5.74) is 0. The van der Waals surface area contributed by atoms with Crippen LogP contribution in [0.2, 0.25) is 0 Å². The summed E-state index contributed by atoms with van der Waals surface area (Å²) in [5, 5.41) is 9.09. The Kier molecular flexibility index (Phi) is 4.41. The second-order valence-electron chi connectivity index (χ2n) is 4.51. The predicted molar refractivity (Wildman–Crippen MR) is 58.9 cm³/mol. The zero-order valence-corrected chi connectivity index (χ0v) is 9.66. The molecule has 0 radical (unpaired) electrons. The van der Waals surface area contributed by atoms with E-state index in [1.54, 1.807) is 0 Å². The molecule has 0 aliphatic heterocycles. The number of nitriles is 1. The van der Waals surface area contributed by atoms with E-state index in [9.17, 15) is 0 Å². The number of hydrogen-bond acceptors (Lipinski definition) is 2. The number of hydrogen-bond donors (Lipinski definition) is 0. The fraction of sp³-hybridized carbons (Fsp3) is 0.917. The Morgan fingerprint density at radius 1 is 1.43 bits per heavy atom. The van der Waals surface area contributed by atoms with Gasteiger partial charge >= 0.3 is 0 Å². The average Bonchev–Trinajstić information content (AvgIpc) is 2.26. The molecule has 0 aromatic rings. The van der Waals surface area contributed by atoms with Crippen molar-refractivity contribution in [1.29, 1.82) is 5.26 Å². The molecule has 0 spiro atoms. The average molecular weight is 194 g/mol. The molecule has 0 N–H and O–H groups in total. The number of nitrogens with zero attached hydrogens (tertiary/aromatic N) is 2. The Morgan fingerprint density at radius 3 is 2.64 bits per heavy atom. The van der Waals surface area contributed by atoms with Gasteiger partial charge in [-0.1, -0.05) is 19.8 Å². The molecule has 1 rings (SSSR count). The fourth-order valence-corrected chi connectivity index (χ4v) is 2.36. The molecule has 0 aromatic carbocycles. The molecule has 14 heavy (non-hydrogen) atoms. The first kappa shape index (κ1) is 11.5. The maximum Gasteiger partial charge on any atom is 0.0672 e. The van der Waals surface area contributed by atoms with Crippen LogP contribution in [0.1, 0.15) is 46.0 Å². The largest absolute Gasteiger partial charge is 0.299 e. The van der Waals surface area contributed by atoms with E-state index in [1.807, 2.05) is 0 Å². The predicted octanol–water partition coefficient (Wildman–Crippen LogP) is 2.80. The third-order valence-corrected chi connectivity index (χ3v) is 3.70. The van der Waals surface area contributed by atoms with E-state index in [0.29, 0.717) is 12.1 Å². The summed E-state index contributed by atoms with van der Waals surface area (Å²) in [6, 6.07) is 3.58. The van der Waals surface area contributed by atoms with Gasteiger partial charge in [-0.05, 0) is 33.2 Å². The summed E-state index contributed by atoms with van der Waals surface area (Å²) in [6.07, 6.45) is 6.01. The molecule has 0 amide bonds. The first-order chi connectivity index (χ1) is 6.70. The van der Waals surface area contributed by atoms with Gasteiger partial charge in [0.05, 0.1) is 12.0 Å². The van der Waals surface area contributed by atoms with Crippen molar-refractivity contribution in [2.45, 2.75) is 58.0 Å². The third-order valence-electron chi connectivity index (χ3n) is 3.70. The molecule has 3 atom stereocenters. The highest BCUT2D eigenvalue weighted by Crippen LogP contribution is 2.28. The van der Waals surface area contributed by atoms with Crippen LogP contribution in [0.15, 0.2) is 0 Å². The van der Waals surface area contributed by atoms with Crippen LogP contribution in [0.25, 0.3) is 0 Å². The van der Waals surface area contributed by atoms with Crippen LogP contribution in [0.5, 0.6) is 0 Å². The van der Waals surface area contributed by atoms with E-state index in [1.165, 1.54) is 25.7 Å². The molecule has 0 saturated heterocycles. The normalized spacial score (nSPS) is 29.9. The van der Waals surface area contributed by atoms with Crippen molar-refractivity contribution >= 4 is 0 Å². The Hall–Kier alpha value is -0.550. The first-order valence-electron chi connectivity index (χ1n) is 5.82. The zero-order valence-electron chi connectivity index (χ0n) is 9.66. The van der Waals surface area contributed by atoms with Gasteiger partial charge in [0.25, 0.3) is 0 Å². The Labute approximate surface area is 87.9 Å². The highest BCUT2D eigenvalue weighted by atomic mass is 15.2. The maximum atomic E-state index is 9.09. The third kappa shape index (κ3) is 2.48. The van der Waals surface area contributed by atoms with Gasteiger partial charge in [-0.3, -0.25) is 4.90 Å². The zero-order chi connectivity index (χ0) is 10.6. The van der Waals surface area contributed by atoms with Crippen LogP contribution in [-0.4, -0.2) is 24.0 Å². The van der Waals surface area contributed by atoms with Crippen molar-refractivity contribution in [2.75, 3.05) is 7.05 Å². The highest BCUT2D eigenvalue weighted by Gasteiger charge is 2.29. The summed E-state index contributed by atoms with van der Waals surface area (Å²) in [5.74, 6) is 0.266. The maximum absolute atomic E-state index is 9.09. The Morgan fingerprint density at radius 2 is 2.07 bits per heavy atom. The monoisotopic (exact) mass is 194 g/mol. The summed E-state index contributed by atoms with van der Waals surface area (Å²) in [4.78, 5) is 2.41. The van der Waals surface area contributed by atoms with E-state index in [4.69, 9.17) is 5.26 Å². The molecule has 1 aliphatic rings. The van der Waals surface area contributed by atoms with Crippen LogP contribution in [0.4, 0.5) is 0 Å². The second-order valence-corrected chi connectivity index (χ2v) is 4.51. The van der Waals surface area contributed by atoms with Gasteiger partial charge in [0, 0.05) is 12.1 Å². The van der Waals surface area contributed by atoms with Crippen molar-refractivity contribution in [3.63, 3.8) is 0 Å². The van der Waals surface area contributed by atoms with E-state index >= 15 is 0 Å². The van der Waals surface area contributed by atoms with Crippen molar-refractivity contribution in [1.82, 2.24) is 4.90 Å². The molecule has 1 fully saturated rings. The summed E-state index contributed by atoms with van der Waals surface area (Å²) < 4.78 is 0. The lowest BCUT2D eigenvalue weighted by Gasteiger charge is -2.38. The molecule has 1 saturated carbocycles. The van der Waals surface area contributed by atoms with Crippen molar-refractivity contribution in [3.05, 3.63) is 0 Å². The van der Waals surface area contributed by atoms with E-state index in [2.05, 4.69) is 31.9 Å². The lowest BCUT2D eigenvalue weighted by atomic mass is 9.84. The van der Waals surface area contributed by atoms with E-state index in [-0.39, 0.29) is 5.92 Å². The van der Waals surface area contributed by atoms with E-state index in [0.717, 1.165) is 6.42 Å². The van der Waals surface area contributed by atoms with Gasteiger partial charge in [-0.2, -0.15) is 5.26 Å². The van der Waals surface area contributed by atoms with Gasteiger partial charge in [-0.15, -0.1) is 0 Å². The lowest BCUT2D eigenvalue weighted by Crippen LogP contribution is -2.44. The summed E-state index contributed by atoms with van der Waals surface area (Å²) in [7, 11) is 2.18. The molecule has 1 aliphatic carbocycles. The van der Waals surface area contributed by atoms with Crippen LogP contribution >= 0.6 is 0 Å². The standard InChI is InChI=1S/C12H22N2/c1-4-10(2)14(3)12-8-6-5-7-11(12)9-13/h10-12H,4-8H2,1-3H3. The molecule has 0 aromatic heterocycles. The van der Waals surface area contributed by atoms with Crippen molar-refractivity contribution in [3.8, 4) is 6.07 Å². The highest BCUT2D eigenvalue weighted by molar-refractivity contribution is 4.95. The summed E-state index contributed by atoms with van der Waals surface area (Å²) >= 11 is 0.